The fraction of sp³-hybridized carbons (Fsp3) is 0.455. The molecule has 1 rings (SSSR count). The summed E-state index contributed by atoms with van der Waals surface area (Å²) in [5, 5.41) is 11.5. The van der Waals surface area contributed by atoms with Crippen molar-refractivity contribution in [2.45, 2.75) is 6.43 Å². The van der Waals surface area contributed by atoms with Crippen LogP contribution in [-0.2, 0) is 0 Å². The second-order valence-corrected chi connectivity index (χ2v) is 3.55. The van der Waals surface area contributed by atoms with Crippen molar-refractivity contribution < 1.29 is 18.7 Å². The van der Waals surface area contributed by atoms with Gasteiger partial charge in [0.15, 0.2) is 0 Å². The molecule has 0 fully saturated rings. The Balaban J connectivity index is 2.86. The molecular formula is C11H15F2N3O2. The lowest BCUT2D eigenvalue weighted by Gasteiger charge is -2.21. The summed E-state index contributed by atoms with van der Waals surface area (Å²) in [6, 6.07) is 2.91. The molecule has 0 aliphatic carbocycles. The van der Waals surface area contributed by atoms with E-state index in [9.17, 15) is 13.6 Å². The summed E-state index contributed by atoms with van der Waals surface area (Å²) in [4.78, 5) is 16.8. The molecule has 18 heavy (non-hydrogen) atoms. The fourth-order valence-corrected chi connectivity index (χ4v) is 1.45. The van der Waals surface area contributed by atoms with Gasteiger partial charge in [-0.15, -0.1) is 0 Å². The van der Waals surface area contributed by atoms with Crippen LogP contribution in [0.5, 0.6) is 0 Å². The number of carbonyl (C=O) groups excluding carboxylic acids is 1. The molecule has 7 heteroatoms. The summed E-state index contributed by atoms with van der Waals surface area (Å²) in [7, 11) is 1.64. The molecule has 1 aromatic rings. The van der Waals surface area contributed by atoms with Crippen molar-refractivity contribution in [2.75, 3.05) is 32.1 Å². The number of aliphatic hydroxyl groups is 1. The van der Waals surface area contributed by atoms with Gasteiger partial charge >= 0.3 is 0 Å². The maximum atomic E-state index is 12.3. The zero-order chi connectivity index (χ0) is 13.5. The Morgan fingerprint density at radius 3 is 2.89 bits per heavy atom. The monoisotopic (exact) mass is 259 g/mol. The second kappa shape index (κ2) is 6.85. The highest BCUT2D eigenvalue weighted by Gasteiger charge is 2.19. The number of nitrogens with one attached hydrogen (secondary N) is 1. The topological polar surface area (TPSA) is 65.5 Å². The first kappa shape index (κ1) is 14.3. The van der Waals surface area contributed by atoms with Crippen LogP contribution in [0, 0.1) is 0 Å². The summed E-state index contributed by atoms with van der Waals surface area (Å²) in [6.07, 6.45) is -1.22. The number of halogens is 2. The van der Waals surface area contributed by atoms with Crippen molar-refractivity contribution in [3.63, 3.8) is 0 Å². The molecule has 0 spiro atoms. The van der Waals surface area contributed by atoms with Crippen molar-refractivity contribution in [1.82, 2.24) is 9.88 Å². The van der Waals surface area contributed by atoms with E-state index < -0.39 is 18.9 Å². The van der Waals surface area contributed by atoms with Gasteiger partial charge in [-0.2, -0.15) is 0 Å². The van der Waals surface area contributed by atoms with E-state index in [2.05, 4.69) is 10.3 Å². The van der Waals surface area contributed by atoms with Crippen molar-refractivity contribution in [1.29, 1.82) is 0 Å². The summed E-state index contributed by atoms with van der Waals surface area (Å²) < 4.78 is 24.7. The number of anilines is 1. The number of nitrogens with zero attached hydrogens (tertiary/aromatic N) is 2. The van der Waals surface area contributed by atoms with Crippen LogP contribution >= 0.6 is 0 Å². The predicted molar refractivity (Wildman–Crippen MR) is 62.8 cm³/mol. The van der Waals surface area contributed by atoms with Gasteiger partial charge in [-0.1, -0.05) is 0 Å². The van der Waals surface area contributed by atoms with Gasteiger partial charge in [-0.05, 0) is 12.1 Å². The number of carbonyl (C=O) groups is 1. The highest BCUT2D eigenvalue weighted by molar-refractivity contribution is 5.94. The van der Waals surface area contributed by atoms with Crippen molar-refractivity contribution >= 4 is 11.7 Å². The zero-order valence-electron chi connectivity index (χ0n) is 9.94. The number of alkyl halides is 2. The minimum absolute atomic E-state index is 0.125. The highest BCUT2D eigenvalue weighted by Crippen LogP contribution is 2.10. The molecule has 0 atom stereocenters. The SMILES string of the molecule is CNc1cc(C(=O)N(CCO)CC(F)F)ccn1. The number of aromatic nitrogens is 1. The van der Waals surface area contributed by atoms with Gasteiger partial charge in [0.05, 0.1) is 13.2 Å². The van der Waals surface area contributed by atoms with Crippen molar-refractivity contribution in [3.05, 3.63) is 23.9 Å². The van der Waals surface area contributed by atoms with E-state index in [4.69, 9.17) is 5.11 Å². The van der Waals surface area contributed by atoms with Gasteiger partial charge in [-0.3, -0.25) is 4.79 Å². The molecule has 0 saturated carbocycles. The van der Waals surface area contributed by atoms with E-state index in [-0.39, 0.29) is 18.7 Å². The summed E-state index contributed by atoms with van der Waals surface area (Å²) in [5.41, 5.74) is 0.253. The molecule has 1 aromatic heterocycles. The highest BCUT2D eigenvalue weighted by atomic mass is 19.3. The molecule has 0 saturated heterocycles. The van der Waals surface area contributed by atoms with Crippen LogP contribution in [0.4, 0.5) is 14.6 Å². The second-order valence-electron chi connectivity index (χ2n) is 3.55. The Bertz CT molecular complexity index is 402. The van der Waals surface area contributed by atoms with Crippen LogP contribution in [0.1, 0.15) is 10.4 Å². The molecule has 2 N–H and O–H groups in total. The third-order valence-corrected chi connectivity index (χ3v) is 2.28. The Labute approximate surface area is 103 Å². The normalized spacial score (nSPS) is 10.5. The van der Waals surface area contributed by atoms with E-state index in [1.54, 1.807) is 7.05 Å². The lowest BCUT2D eigenvalue weighted by molar-refractivity contribution is 0.0509. The Kier molecular flexibility index (Phi) is 5.44. The lowest BCUT2D eigenvalue weighted by atomic mass is 10.2. The average molecular weight is 259 g/mol. The first-order chi connectivity index (χ1) is 8.58. The predicted octanol–water partition coefficient (Wildman–Crippen LogP) is 0.823. The van der Waals surface area contributed by atoms with Crippen molar-refractivity contribution in [2.24, 2.45) is 0 Å². The summed E-state index contributed by atoms with van der Waals surface area (Å²) in [6.45, 7) is -1.18. The van der Waals surface area contributed by atoms with Gasteiger partial charge in [0.2, 0.25) is 0 Å². The summed E-state index contributed by atoms with van der Waals surface area (Å²) >= 11 is 0. The molecule has 0 aliphatic heterocycles. The van der Waals surface area contributed by atoms with Crippen LogP contribution in [0.25, 0.3) is 0 Å². The third kappa shape index (κ3) is 3.92. The van der Waals surface area contributed by atoms with Crippen LogP contribution in [0.3, 0.4) is 0 Å². The molecule has 0 bridgehead atoms. The van der Waals surface area contributed by atoms with Crippen LogP contribution in [0.15, 0.2) is 18.3 Å². The minimum atomic E-state index is -2.63. The number of amides is 1. The molecule has 5 nitrogen and oxygen atoms in total. The fourth-order valence-electron chi connectivity index (χ4n) is 1.45. The largest absolute Gasteiger partial charge is 0.395 e. The molecule has 1 amide bonds. The van der Waals surface area contributed by atoms with Gasteiger partial charge < -0.3 is 15.3 Å². The van der Waals surface area contributed by atoms with Gasteiger partial charge in [0, 0.05) is 25.4 Å². The number of hydrogen-bond donors (Lipinski definition) is 2. The molecule has 100 valence electrons. The van der Waals surface area contributed by atoms with E-state index in [0.29, 0.717) is 5.82 Å². The minimum Gasteiger partial charge on any atom is -0.395 e. The molecular weight excluding hydrogens is 244 g/mol. The Morgan fingerprint density at radius 1 is 1.61 bits per heavy atom. The van der Waals surface area contributed by atoms with E-state index in [0.717, 1.165) is 4.90 Å². The first-order valence-electron chi connectivity index (χ1n) is 5.40. The van der Waals surface area contributed by atoms with Crippen molar-refractivity contribution in [3.8, 4) is 0 Å². The van der Waals surface area contributed by atoms with Crippen LogP contribution < -0.4 is 5.32 Å². The molecule has 1 heterocycles. The first-order valence-corrected chi connectivity index (χ1v) is 5.40. The van der Waals surface area contributed by atoms with Crippen LogP contribution in [0.2, 0.25) is 0 Å². The zero-order valence-corrected chi connectivity index (χ0v) is 9.94. The Morgan fingerprint density at radius 2 is 2.33 bits per heavy atom. The maximum Gasteiger partial charge on any atom is 0.255 e. The van der Waals surface area contributed by atoms with E-state index in [1.165, 1.54) is 18.3 Å². The molecule has 0 unspecified atom stereocenters. The molecule has 0 aromatic carbocycles. The average Bonchev–Trinajstić information content (AvgIpc) is 2.37. The number of hydrogen-bond acceptors (Lipinski definition) is 4. The molecule has 0 aliphatic rings. The maximum absolute atomic E-state index is 12.3. The smallest absolute Gasteiger partial charge is 0.255 e. The van der Waals surface area contributed by atoms with Gasteiger partial charge in [0.1, 0.15) is 5.82 Å². The Hall–Kier alpha value is -1.76. The number of pyridine rings is 1. The van der Waals surface area contributed by atoms with E-state index in [1.807, 2.05) is 0 Å². The van der Waals surface area contributed by atoms with Crippen LogP contribution in [-0.4, -0.2) is 54.1 Å². The lowest BCUT2D eigenvalue weighted by Crippen LogP contribution is -2.37. The number of aliphatic hydroxyl groups excluding tert-OH is 1. The summed E-state index contributed by atoms with van der Waals surface area (Å²) in [5.74, 6) is -0.0786. The molecule has 0 radical (unpaired) electrons. The standard InChI is InChI=1S/C11H15F2N3O2/c1-14-10-6-8(2-3-15-10)11(18)16(4-5-17)7-9(12)13/h2-3,6,9,17H,4-5,7H2,1H3,(H,14,15). The third-order valence-electron chi connectivity index (χ3n) is 2.28. The van der Waals surface area contributed by atoms with Gasteiger partial charge in [0.25, 0.3) is 12.3 Å². The quantitative estimate of drug-likeness (QED) is 0.794. The van der Waals surface area contributed by atoms with E-state index >= 15 is 0 Å². The number of rotatable bonds is 6. The van der Waals surface area contributed by atoms with Gasteiger partial charge in [-0.25, -0.2) is 13.8 Å².